The van der Waals surface area contributed by atoms with Crippen molar-refractivity contribution in [2.45, 2.75) is 58.4 Å². The monoisotopic (exact) mass is 289 g/mol. The number of benzene rings is 1. The van der Waals surface area contributed by atoms with E-state index in [0.717, 1.165) is 19.3 Å². The minimum absolute atomic E-state index is 0.0327. The second-order valence-electron chi connectivity index (χ2n) is 5.25. The highest BCUT2D eigenvalue weighted by molar-refractivity contribution is 6.31. The minimum Gasteiger partial charge on any atom is -0.328 e. The second-order valence-corrected chi connectivity index (χ2v) is 5.62. The van der Waals surface area contributed by atoms with Crippen molar-refractivity contribution in [3.63, 3.8) is 0 Å². The summed E-state index contributed by atoms with van der Waals surface area (Å²) < 4.78 is 27.9. The quantitative estimate of drug-likeness (QED) is 0.748. The van der Waals surface area contributed by atoms with Crippen LogP contribution >= 0.6 is 11.6 Å². The molecule has 0 bridgehead atoms. The number of hydrogen-bond donors (Lipinski definition) is 1. The molecule has 2 atom stereocenters. The predicted octanol–water partition coefficient (Wildman–Crippen LogP) is 4.80. The second kappa shape index (κ2) is 7.20. The zero-order valence-electron chi connectivity index (χ0n) is 11.8. The summed E-state index contributed by atoms with van der Waals surface area (Å²) in [6.45, 7) is 5.80. The number of rotatable bonds is 6. The van der Waals surface area contributed by atoms with Crippen molar-refractivity contribution in [3.05, 3.63) is 33.9 Å². The third-order valence-electron chi connectivity index (χ3n) is 3.50. The van der Waals surface area contributed by atoms with Crippen molar-refractivity contribution < 1.29 is 8.78 Å². The zero-order chi connectivity index (χ0) is 14.6. The Hall–Kier alpha value is -0.670. The van der Waals surface area contributed by atoms with E-state index in [2.05, 4.69) is 0 Å². The fourth-order valence-electron chi connectivity index (χ4n) is 2.05. The van der Waals surface area contributed by atoms with Crippen LogP contribution in [0.3, 0.4) is 0 Å². The lowest BCUT2D eigenvalue weighted by molar-refractivity contribution is 0.541. The van der Waals surface area contributed by atoms with Crippen LogP contribution in [0.15, 0.2) is 6.07 Å². The summed E-state index contributed by atoms with van der Waals surface area (Å²) in [5, 5.41) is -0.381. The van der Waals surface area contributed by atoms with Gasteiger partial charge in [0.25, 0.3) is 0 Å². The van der Waals surface area contributed by atoms with Gasteiger partial charge in [-0.25, -0.2) is 8.78 Å². The third-order valence-corrected chi connectivity index (χ3v) is 3.83. The lowest BCUT2D eigenvalue weighted by atomic mass is 9.94. The van der Waals surface area contributed by atoms with Crippen molar-refractivity contribution >= 4 is 11.6 Å². The van der Waals surface area contributed by atoms with Gasteiger partial charge in [0, 0.05) is 6.04 Å². The van der Waals surface area contributed by atoms with Crippen LogP contribution in [0.5, 0.6) is 0 Å². The first kappa shape index (κ1) is 16.4. The van der Waals surface area contributed by atoms with Gasteiger partial charge in [-0.1, -0.05) is 25.4 Å². The highest BCUT2D eigenvalue weighted by atomic mass is 35.5. The Bertz CT molecular complexity index is 433. The molecule has 0 saturated carbocycles. The Morgan fingerprint density at radius 3 is 2.42 bits per heavy atom. The Labute approximate surface area is 119 Å². The molecule has 0 aliphatic rings. The zero-order valence-corrected chi connectivity index (χ0v) is 12.5. The van der Waals surface area contributed by atoms with Gasteiger partial charge in [-0.2, -0.15) is 0 Å². The average Bonchev–Trinajstić information content (AvgIpc) is 2.37. The molecule has 0 heterocycles. The van der Waals surface area contributed by atoms with Crippen molar-refractivity contribution in [3.8, 4) is 0 Å². The summed E-state index contributed by atoms with van der Waals surface area (Å²) in [6.07, 6.45) is 2.92. The first-order chi connectivity index (χ1) is 8.88. The minimum atomic E-state index is -0.629. The maximum atomic E-state index is 13.9. The van der Waals surface area contributed by atoms with Gasteiger partial charge in [0.2, 0.25) is 0 Å². The number of halogens is 3. The summed E-state index contributed by atoms with van der Waals surface area (Å²) in [6, 6.07) is 1.71. The fourth-order valence-corrected chi connectivity index (χ4v) is 2.28. The lowest BCUT2D eigenvalue weighted by Gasteiger charge is -2.15. The van der Waals surface area contributed by atoms with E-state index in [9.17, 15) is 8.78 Å². The summed E-state index contributed by atoms with van der Waals surface area (Å²) in [4.78, 5) is 0. The van der Waals surface area contributed by atoms with E-state index in [1.54, 1.807) is 6.07 Å². The summed E-state index contributed by atoms with van der Waals surface area (Å²) >= 11 is 5.76. The maximum Gasteiger partial charge on any atom is 0.148 e. The van der Waals surface area contributed by atoms with Gasteiger partial charge in [0.15, 0.2) is 0 Å². The number of nitrogens with two attached hydrogens (primary N) is 1. The summed E-state index contributed by atoms with van der Waals surface area (Å²) in [5.74, 6) is -1.22. The molecule has 0 saturated heterocycles. The standard InChI is InChI=1S/C15H22ClF2N/c1-4-9(2)12-8-11(7-5-6-10(3)19)14(17)13(16)15(12)18/h8-10H,4-7,19H2,1-3H3/t9?,10-/m0/s1. The molecule has 2 N–H and O–H groups in total. The van der Waals surface area contributed by atoms with Gasteiger partial charge in [0.05, 0.1) is 0 Å². The maximum absolute atomic E-state index is 13.9. The van der Waals surface area contributed by atoms with Gasteiger partial charge in [-0.3, -0.25) is 0 Å². The van der Waals surface area contributed by atoms with Crippen LogP contribution in [0.4, 0.5) is 8.78 Å². The van der Waals surface area contributed by atoms with Crippen LogP contribution in [0.2, 0.25) is 5.02 Å². The molecule has 1 aromatic carbocycles. The van der Waals surface area contributed by atoms with Gasteiger partial charge in [0.1, 0.15) is 16.7 Å². The molecule has 1 aromatic rings. The Morgan fingerprint density at radius 2 is 1.89 bits per heavy atom. The van der Waals surface area contributed by atoms with Crippen LogP contribution < -0.4 is 5.73 Å². The van der Waals surface area contributed by atoms with Crippen molar-refractivity contribution in [1.82, 2.24) is 0 Å². The van der Waals surface area contributed by atoms with Crippen LogP contribution in [-0.4, -0.2) is 6.04 Å². The Balaban J connectivity index is 3.01. The van der Waals surface area contributed by atoms with Gasteiger partial charge < -0.3 is 5.73 Å². The van der Waals surface area contributed by atoms with Crippen LogP contribution in [-0.2, 0) is 6.42 Å². The first-order valence-electron chi connectivity index (χ1n) is 6.80. The van der Waals surface area contributed by atoms with Crippen LogP contribution in [0.1, 0.15) is 57.1 Å². The van der Waals surface area contributed by atoms with Gasteiger partial charge in [-0.15, -0.1) is 0 Å². The lowest BCUT2D eigenvalue weighted by Crippen LogP contribution is -2.14. The average molecular weight is 290 g/mol. The van der Waals surface area contributed by atoms with Gasteiger partial charge in [-0.05, 0) is 55.7 Å². The molecule has 1 rings (SSSR count). The predicted molar refractivity (Wildman–Crippen MR) is 76.7 cm³/mol. The summed E-state index contributed by atoms with van der Waals surface area (Å²) in [5.41, 5.74) is 6.66. The number of hydrogen-bond acceptors (Lipinski definition) is 1. The third kappa shape index (κ3) is 4.15. The van der Waals surface area contributed by atoms with E-state index >= 15 is 0 Å². The molecule has 0 aliphatic carbocycles. The van der Waals surface area contributed by atoms with E-state index in [4.69, 9.17) is 17.3 Å². The molecule has 0 aromatic heterocycles. The van der Waals surface area contributed by atoms with Gasteiger partial charge >= 0.3 is 0 Å². The molecule has 0 radical (unpaired) electrons. The molecule has 4 heteroatoms. The normalized spacial score (nSPS) is 14.5. The highest BCUT2D eigenvalue weighted by Gasteiger charge is 2.19. The fraction of sp³-hybridized carbons (Fsp3) is 0.600. The highest BCUT2D eigenvalue weighted by Crippen LogP contribution is 2.31. The Morgan fingerprint density at radius 1 is 1.26 bits per heavy atom. The SMILES string of the molecule is CCC(C)c1cc(CCC[C@H](C)N)c(F)c(Cl)c1F. The topological polar surface area (TPSA) is 26.0 Å². The van der Waals surface area contributed by atoms with Crippen LogP contribution in [0.25, 0.3) is 0 Å². The molecule has 0 aliphatic heterocycles. The Kier molecular flexibility index (Phi) is 6.21. The largest absolute Gasteiger partial charge is 0.328 e. The van der Waals surface area contributed by atoms with E-state index in [1.807, 2.05) is 20.8 Å². The summed E-state index contributed by atoms with van der Waals surface area (Å²) in [7, 11) is 0. The van der Waals surface area contributed by atoms with Crippen LogP contribution in [0, 0.1) is 11.6 Å². The van der Waals surface area contributed by atoms with E-state index in [-0.39, 0.29) is 17.0 Å². The molecule has 19 heavy (non-hydrogen) atoms. The van der Waals surface area contributed by atoms with Crippen molar-refractivity contribution in [1.29, 1.82) is 0 Å². The molecule has 1 nitrogen and oxygen atoms in total. The van der Waals surface area contributed by atoms with E-state index < -0.39 is 11.6 Å². The van der Waals surface area contributed by atoms with Crippen molar-refractivity contribution in [2.24, 2.45) is 5.73 Å². The molecule has 0 fully saturated rings. The van der Waals surface area contributed by atoms with E-state index in [0.29, 0.717) is 17.5 Å². The number of aryl methyl sites for hydroxylation is 1. The molecular weight excluding hydrogens is 268 g/mol. The van der Waals surface area contributed by atoms with E-state index in [1.165, 1.54) is 0 Å². The molecule has 0 spiro atoms. The molecule has 1 unspecified atom stereocenters. The molecule has 108 valence electrons. The molecular formula is C15H22ClF2N. The van der Waals surface area contributed by atoms with Crippen molar-refractivity contribution in [2.75, 3.05) is 0 Å². The smallest absolute Gasteiger partial charge is 0.148 e. The first-order valence-corrected chi connectivity index (χ1v) is 7.18. The molecule has 0 amide bonds.